The minimum atomic E-state index is -0.154. The molecule has 0 bridgehead atoms. The second-order valence-corrected chi connectivity index (χ2v) is 7.42. The van der Waals surface area contributed by atoms with Crippen molar-refractivity contribution in [1.82, 2.24) is 20.1 Å². The van der Waals surface area contributed by atoms with Crippen LogP contribution in [0.2, 0.25) is 0 Å². The highest BCUT2D eigenvalue weighted by Crippen LogP contribution is 2.18. The van der Waals surface area contributed by atoms with Gasteiger partial charge in [0.05, 0.1) is 12.8 Å². The number of nitrogens with one attached hydrogen (secondary N) is 2. The lowest BCUT2D eigenvalue weighted by Gasteiger charge is -2.15. The van der Waals surface area contributed by atoms with Crippen LogP contribution in [-0.4, -0.2) is 27.8 Å². The molecule has 4 aromatic rings. The van der Waals surface area contributed by atoms with Crippen LogP contribution in [0.4, 0.5) is 5.69 Å². The van der Waals surface area contributed by atoms with Crippen LogP contribution in [0.3, 0.4) is 0 Å². The summed E-state index contributed by atoms with van der Waals surface area (Å²) < 4.78 is 6.87. The number of nitrogens with zero attached hydrogens (tertiary/aromatic N) is 3. The Kier molecular flexibility index (Phi) is 6.57. The summed E-state index contributed by atoms with van der Waals surface area (Å²) in [5, 5.41) is 10.6. The molecule has 4 rings (SSSR count). The molecule has 0 radical (unpaired) electrons. The number of carbonyl (C=O) groups is 1. The molecule has 1 amide bonds. The highest BCUT2D eigenvalue weighted by atomic mass is 16.5. The number of aromatic nitrogens is 3. The first kappa shape index (κ1) is 21.3. The highest BCUT2D eigenvalue weighted by Gasteiger charge is 2.09. The van der Waals surface area contributed by atoms with Crippen molar-refractivity contribution in [2.24, 2.45) is 0 Å². The molecule has 0 saturated carbocycles. The Hall–Kier alpha value is -3.97. The van der Waals surface area contributed by atoms with E-state index in [0.29, 0.717) is 12.1 Å². The average Bonchev–Trinajstić information content (AvgIpc) is 3.38. The Morgan fingerprint density at radius 2 is 1.84 bits per heavy atom. The molecule has 7 heteroatoms. The molecule has 0 aliphatic rings. The molecule has 0 fully saturated rings. The summed E-state index contributed by atoms with van der Waals surface area (Å²) in [6.07, 6.45) is 3.20. The fraction of sp³-hybridized carbons (Fsp3) is 0.160. The van der Waals surface area contributed by atoms with Crippen LogP contribution < -0.4 is 15.4 Å². The van der Waals surface area contributed by atoms with E-state index in [1.54, 1.807) is 42.4 Å². The minimum Gasteiger partial charge on any atom is -0.497 e. The minimum absolute atomic E-state index is 0.154. The van der Waals surface area contributed by atoms with Crippen molar-refractivity contribution in [2.75, 3.05) is 12.4 Å². The summed E-state index contributed by atoms with van der Waals surface area (Å²) in [6, 6.07) is 23.3. The van der Waals surface area contributed by atoms with Gasteiger partial charge in [0.15, 0.2) is 0 Å². The topological polar surface area (TPSA) is 81.1 Å². The van der Waals surface area contributed by atoms with E-state index in [1.807, 2.05) is 36.4 Å². The second kappa shape index (κ2) is 9.89. The van der Waals surface area contributed by atoms with Gasteiger partial charge in [-0.2, -0.15) is 5.10 Å². The van der Waals surface area contributed by atoms with Crippen LogP contribution in [0.1, 0.15) is 34.5 Å². The van der Waals surface area contributed by atoms with E-state index < -0.39 is 0 Å². The van der Waals surface area contributed by atoms with Crippen molar-refractivity contribution in [3.05, 3.63) is 102 Å². The van der Waals surface area contributed by atoms with E-state index in [2.05, 4.69) is 39.8 Å². The van der Waals surface area contributed by atoms with E-state index in [-0.39, 0.29) is 11.9 Å². The van der Waals surface area contributed by atoms with Gasteiger partial charge in [-0.05, 0) is 66.6 Å². The molecule has 1 aromatic heterocycles. The summed E-state index contributed by atoms with van der Waals surface area (Å²) in [4.78, 5) is 16.5. The molecule has 32 heavy (non-hydrogen) atoms. The summed E-state index contributed by atoms with van der Waals surface area (Å²) in [7, 11) is 1.60. The maximum Gasteiger partial charge on any atom is 0.255 e. The Labute approximate surface area is 187 Å². The lowest BCUT2D eigenvalue weighted by Crippen LogP contribution is -2.18. The summed E-state index contributed by atoms with van der Waals surface area (Å²) >= 11 is 0. The normalized spacial score (nSPS) is 11.7. The van der Waals surface area contributed by atoms with Crippen molar-refractivity contribution < 1.29 is 9.53 Å². The quantitative estimate of drug-likeness (QED) is 0.436. The van der Waals surface area contributed by atoms with Crippen molar-refractivity contribution in [1.29, 1.82) is 0 Å². The lowest BCUT2D eigenvalue weighted by molar-refractivity contribution is 0.102. The molecule has 3 aromatic carbocycles. The molecule has 1 atom stereocenters. The molecule has 0 aliphatic heterocycles. The fourth-order valence-corrected chi connectivity index (χ4v) is 3.35. The number of hydrogen-bond donors (Lipinski definition) is 2. The maximum atomic E-state index is 12.5. The van der Waals surface area contributed by atoms with Crippen molar-refractivity contribution in [3.8, 4) is 11.4 Å². The van der Waals surface area contributed by atoms with Gasteiger partial charge in [-0.1, -0.05) is 24.3 Å². The molecule has 7 nitrogen and oxygen atoms in total. The van der Waals surface area contributed by atoms with Gasteiger partial charge in [0.25, 0.3) is 5.91 Å². The van der Waals surface area contributed by atoms with Crippen LogP contribution in [0.25, 0.3) is 5.69 Å². The van der Waals surface area contributed by atoms with Gasteiger partial charge in [0.1, 0.15) is 18.4 Å². The number of hydrogen-bond acceptors (Lipinski definition) is 5. The largest absolute Gasteiger partial charge is 0.497 e. The predicted octanol–water partition coefficient (Wildman–Crippen LogP) is 4.38. The van der Waals surface area contributed by atoms with Gasteiger partial charge in [0.2, 0.25) is 0 Å². The van der Waals surface area contributed by atoms with Crippen LogP contribution >= 0.6 is 0 Å². The monoisotopic (exact) mass is 427 g/mol. The van der Waals surface area contributed by atoms with Gasteiger partial charge >= 0.3 is 0 Å². The Balaban J connectivity index is 1.34. The smallest absolute Gasteiger partial charge is 0.255 e. The number of benzene rings is 3. The second-order valence-electron chi connectivity index (χ2n) is 7.42. The third-order valence-corrected chi connectivity index (χ3v) is 5.23. The van der Waals surface area contributed by atoms with Crippen LogP contribution in [0.15, 0.2) is 85.5 Å². The third-order valence-electron chi connectivity index (χ3n) is 5.23. The van der Waals surface area contributed by atoms with Crippen LogP contribution in [0, 0.1) is 0 Å². The van der Waals surface area contributed by atoms with Crippen molar-refractivity contribution in [3.63, 3.8) is 0 Å². The molecule has 162 valence electrons. The van der Waals surface area contributed by atoms with Crippen LogP contribution in [-0.2, 0) is 6.54 Å². The summed E-state index contributed by atoms with van der Waals surface area (Å²) in [5.41, 5.74) is 4.58. The van der Waals surface area contributed by atoms with Gasteiger partial charge < -0.3 is 15.4 Å². The zero-order chi connectivity index (χ0) is 22.3. The van der Waals surface area contributed by atoms with Gasteiger partial charge in [-0.15, -0.1) is 0 Å². The van der Waals surface area contributed by atoms with Crippen molar-refractivity contribution >= 4 is 11.6 Å². The number of rotatable bonds is 8. The standard InChI is InChI=1S/C25H25N5O2/c1-18(20-6-10-23(11-7-20)30-17-26-16-28-30)27-15-19-4-3-5-22(14-19)29-25(31)21-8-12-24(32-2)13-9-21/h3-14,16-18,27H,15H2,1-2H3,(H,29,31). The fourth-order valence-electron chi connectivity index (χ4n) is 3.35. The van der Waals surface area contributed by atoms with E-state index >= 15 is 0 Å². The number of amides is 1. The maximum absolute atomic E-state index is 12.5. The first-order chi connectivity index (χ1) is 15.6. The van der Waals surface area contributed by atoms with E-state index in [1.165, 1.54) is 11.9 Å². The zero-order valence-electron chi connectivity index (χ0n) is 18.0. The lowest BCUT2D eigenvalue weighted by atomic mass is 10.1. The van der Waals surface area contributed by atoms with E-state index in [9.17, 15) is 4.79 Å². The average molecular weight is 428 g/mol. The van der Waals surface area contributed by atoms with Crippen molar-refractivity contribution in [2.45, 2.75) is 19.5 Å². The Bertz CT molecular complexity index is 1160. The van der Waals surface area contributed by atoms with Crippen LogP contribution in [0.5, 0.6) is 5.75 Å². The zero-order valence-corrected chi connectivity index (χ0v) is 18.0. The molecule has 1 heterocycles. The predicted molar refractivity (Wildman–Crippen MR) is 124 cm³/mol. The summed E-state index contributed by atoms with van der Waals surface area (Å²) in [5.74, 6) is 0.565. The Morgan fingerprint density at radius 3 is 2.53 bits per heavy atom. The molecular formula is C25H25N5O2. The Morgan fingerprint density at radius 1 is 1.06 bits per heavy atom. The first-order valence-electron chi connectivity index (χ1n) is 10.3. The third kappa shape index (κ3) is 5.19. The molecule has 1 unspecified atom stereocenters. The number of ether oxygens (including phenoxy) is 1. The summed E-state index contributed by atoms with van der Waals surface area (Å²) in [6.45, 7) is 2.80. The number of carbonyl (C=O) groups excluding carboxylic acids is 1. The molecule has 0 saturated heterocycles. The number of methoxy groups -OCH3 is 1. The van der Waals surface area contributed by atoms with Gasteiger partial charge in [-0.3, -0.25) is 4.79 Å². The highest BCUT2D eigenvalue weighted by molar-refractivity contribution is 6.04. The number of anilines is 1. The molecular weight excluding hydrogens is 402 g/mol. The van der Waals surface area contributed by atoms with E-state index in [0.717, 1.165) is 22.7 Å². The van der Waals surface area contributed by atoms with E-state index in [4.69, 9.17) is 4.74 Å². The van der Waals surface area contributed by atoms with Gasteiger partial charge in [0, 0.05) is 23.8 Å². The first-order valence-corrected chi connectivity index (χ1v) is 10.3. The van der Waals surface area contributed by atoms with Gasteiger partial charge in [-0.25, -0.2) is 9.67 Å². The molecule has 0 aliphatic carbocycles. The molecule has 0 spiro atoms. The SMILES string of the molecule is COc1ccc(C(=O)Nc2cccc(CNC(C)c3ccc(-n4cncn4)cc3)c2)cc1. The molecule has 2 N–H and O–H groups in total.